The van der Waals surface area contributed by atoms with Crippen LogP contribution in [0.3, 0.4) is 0 Å². The highest BCUT2D eigenvalue weighted by Gasteiger charge is 2.38. The van der Waals surface area contributed by atoms with E-state index in [1.807, 2.05) is 0 Å². The molecule has 0 amide bonds. The lowest BCUT2D eigenvalue weighted by Crippen LogP contribution is -2.16. The summed E-state index contributed by atoms with van der Waals surface area (Å²) < 4.78 is 79.9. The number of rotatable bonds is 5. The zero-order chi connectivity index (χ0) is 20.7. The molecule has 6 nitrogen and oxygen atoms in total. The first-order valence-corrected chi connectivity index (χ1v) is 10.6. The first-order chi connectivity index (χ1) is 13.1. The van der Waals surface area contributed by atoms with Crippen LogP contribution in [-0.4, -0.2) is 33.9 Å². The van der Waals surface area contributed by atoms with E-state index in [9.17, 15) is 25.8 Å². The number of alkyl halides is 3. The zero-order valence-electron chi connectivity index (χ0n) is 14.4. The number of pyridine rings is 1. The molecule has 0 aliphatic rings. The molecule has 0 saturated heterocycles. The lowest BCUT2D eigenvalue weighted by molar-refractivity contribution is -0.0384. The second-order valence-electron chi connectivity index (χ2n) is 5.59. The van der Waals surface area contributed by atoms with Gasteiger partial charge in [0.15, 0.2) is 26.2 Å². The number of oxazole rings is 1. The molecular weight excluding hydrogens is 417 g/mol. The van der Waals surface area contributed by atoms with Crippen LogP contribution in [0.25, 0.3) is 28.8 Å². The largest absolute Gasteiger partial charge is 0.475 e. The Morgan fingerprint density at radius 3 is 2.61 bits per heavy atom. The molecule has 0 aliphatic carbocycles. The molecule has 3 rings (SSSR count). The van der Waals surface area contributed by atoms with Crippen LogP contribution in [0.15, 0.2) is 51.2 Å². The molecule has 0 aliphatic heterocycles. The minimum Gasteiger partial charge on any atom is -0.435 e. The summed E-state index contributed by atoms with van der Waals surface area (Å²) in [4.78, 5) is 7.51. The summed E-state index contributed by atoms with van der Waals surface area (Å²) in [6, 6.07) is 4.56. The minimum atomic E-state index is -4.91. The van der Waals surface area contributed by atoms with Gasteiger partial charge in [-0.1, -0.05) is 19.6 Å². The van der Waals surface area contributed by atoms with Crippen molar-refractivity contribution >= 4 is 37.8 Å². The average molecular weight is 430 g/mol. The fourth-order valence-electron chi connectivity index (χ4n) is 2.38. The Labute approximate surface area is 160 Å². The summed E-state index contributed by atoms with van der Waals surface area (Å²) in [5.41, 5.74) is -4.41. The van der Waals surface area contributed by atoms with Crippen molar-refractivity contribution in [1.29, 1.82) is 0 Å². The van der Waals surface area contributed by atoms with E-state index in [1.165, 1.54) is 31.3 Å². The van der Waals surface area contributed by atoms with Gasteiger partial charge in [-0.05, 0) is 29.8 Å². The van der Waals surface area contributed by atoms with Crippen molar-refractivity contribution in [2.24, 2.45) is 0 Å². The van der Waals surface area contributed by atoms with E-state index in [0.29, 0.717) is 5.56 Å². The molecule has 1 unspecified atom stereocenters. The van der Waals surface area contributed by atoms with Crippen molar-refractivity contribution in [2.75, 3.05) is 5.75 Å². The third kappa shape index (κ3) is 3.72. The van der Waals surface area contributed by atoms with Crippen LogP contribution < -0.4 is 0 Å². The van der Waals surface area contributed by atoms with Gasteiger partial charge in [0, 0.05) is 6.20 Å². The van der Waals surface area contributed by atoms with Crippen LogP contribution in [0.1, 0.15) is 12.5 Å². The summed E-state index contributed by atoms with van der Waals surface area (Å²) in [5, 5.41) is 0. The van der Waals surface area contributed by atoms with E-state index in [-0.39, 0.29) is 33.3 Å². The maximum Gasteiger partial charge on any atom is 0.475 e. The fraction of sp³-hybridized carbons (Fsp3) is 0.176. The van der Waals surface area contributed by atoms with Gasteiger partial charge < -0.3 is 4.42 Å². The molecule has 0 bridgehead atoms. The van der Waals surface area contributed by atoms with Gasteiger partial charge in [-0.25, -0.2) is 22.6 Å². The van der Waals surface area contributed by atoms with E-state index in [2.05, 4.69) is 16.5 Å². The van der Waals surface area contributed by atoms with E-state index in [1.54, 1.807) is 0 Å². The Morgan fingerprint density at radius 2 is 2.00 bits per heavy atom. The Kier molecular flexibility index (Phi) is 5.15. The molecule has 0 saturated carbocycles. The topological polar surface area (TPSA) is 90.1 Å². The van der Waals surface area contributed by atoms with Crippen molar-refractivity contribution < 1.29 is 30.2 Å². The second kappa shape index (κ2) is 7.13. The standard InChI is InChI=1S/C17H13F3N2O4S2/c1-3-10-7-14(28(24,25)4-2)15(21-9-10)16-22-12-8-11(5-6-13(12)26-16)27(23)17(18,19)20/h3,5-9H,1,4H2,2H3. The van der Waals surface area contributed by atoms with Gasteiger partial charge in [0.2, 0.25) is 5.89 Å². The van der Waals surface area contributed by atoms with E-state index in [4.69, 9.17) is 4.42 Å². The molecular formula is C17H13F3N2O4S2. The highest BCUT2D eigenvalue weighted by Crippen LogP contribution is 2.32. The van der Waals surface area contributed by atoms with Crippen molar-refractivity contribution in [1.82, 2.24) is 9.97 Å². The van der Waals surface area contributed by atoms with Gasteiger partial charge in [-0.15, -0.1) is 0 Å². The second-order valence-corrected chi connectivity index (χ2v) is 9.30. The summed E-state index contributed by atoms with van der Waals surface area (Å²) in [6.07, 6.45) is 2.80. The van der Waals surface area contributed by atoms with Gasteiger partial charge in [0.05, 0.1) is 15.5 Å². The van der Waals surface area contributed by atoms with Crippen molar-refractivity contribution in [3.05, 3.63) is 42.6 Å². The smallest absolute Gasteiger partial charge is 0.435 e. The number of fused-ring (bicyclic) bond motifs is 1. The highest BCUT2D eigenvalue weighted by atomic mass is 32.2. The average Bonchev–Trinajstić information content (AvgIpc) is 3.09. The first-order valence-electron chi connectivity index (χ1n) is 7.81. The van der Waals surface area contributed by atoms with Gasteiger partial charge in [-0.3, -0.25) is 0 Å². The fourth-order valence-corrected chi connectivity index (χ4v) is 4.12. The first kappa shape index (κ1) is 20.2. The maximum absolute atomic E-state index is 12.7. The number of sulfone groups is 1. The number of hydrogen-bond acceptors (Lipinski definition) is 6. The Hall–Kier alpha value is -2.53. The van der Waals surface area contributed by atoms with Gasteiger partial charge in [-0.2, -0.15) is 13.2 Å². The lowest BCUT2D eigenvalue weighted by Gasteiger charge is -2.06. The SMILES string of the molecule is C=Cc1cnc(-c2nc3cc(S(=O)C(F)(F)F)ccc3o2)c(S(=O)(=O)CC)c1. The molecule has 1 aromatic carbocycles. The monoisotopic (exact) mass is 430 g/mol. The number of benzene rings is 1. The van der Waals surface area contributed by atoms with Crippen LogP contribution in [-0.2, 0) is 20.6 Å². The predicted molar refractivity (Wildman–Crippen MR) is 97.5 cm³/mol. The van der Waals surface area contributed by atoms with Gasteiger partial charge >= 0.3 is 5.51 Å². The molecule has 3 aromatic rings. The van der Waals surface area contributed by atoms with Crippen LogP contribution >= 0.6 is 0 Å². The van der Waals surface area contributed by atoms with E-state index >= 15 is 0 Å². The third-order valence-corrected chi connectivity index (χ3v) is 6.65. The minimum absolute atomic E-state index is 0.000423. The van der Waals surface area contributed by atoms with Crippen molar-refractivity contribution in [2.45, 2.75) is 22.2 Å². The molecule has 1 atom stereocenters. The molecule has 28 heavy (non-hydrogen) atoms. The van der Waals surface area contributed by atoms with Gasteiger partial charge in [0.25, 0.3) is 0 Å². The number of hydrogen-bond donors (Lipinski definition) is 0. The summed E-state index contributed by atoms with van der Waals surface area (Å²) in [5.74, 6) is -0.371. The molecule has 0 fully saturated rings. The molecule has 0 spiro atoms. The van der Waals surface area contributed by atoms with E-state index < -0.39 is 31.0 Å². The summed E-state index contributed by atoms with van der Waals surface area (Å²) >= 11 is 0. The normalized spacial score (nSPS) is 13.6. The zero-order valence-corrected chi connectivity index (χ0v) is 16.0. The van der Waals surface area contributed by atoms with Gasteiger partial charge in [0.1, 0.15) is 11.2 Å². The Morgan fingerprint density at radius 1 is 1.29 bits per heavy atom. The molecule has 148 valence electrons. The van der Waals surface area contributed by atoms with E-state index in [0.717, 1.165) is 12.1 Å². The maximum atomic E-state index is 12.7. The molecule has 0 radical (unpaired) electrons. The summed E-state index contributed by atoms with van der Waals surface area (Å²) in [7, 11) is -6.92. The Balaban J connectivity index is 2.17. The molecule has 11 heteroatoms. The third-order valence-electron chi connectivity index (χ3n) is 3.81. The molecule has 2 heterocycles. The lowest BCUT2D eigenvalue weighted by atomic mass is 10.2. The van der Waals surface area contributed by atoms with Crippen LogP contribution in [0, 0.1) is 0 Å². The Bertz CT molecular complexity index is 1200. The molecule has 2 aromatic heterocycles. The number of nitrogens with zero attached hydrogens (tertiary/aromatic N) is 2. The van der Waals surface area contributed by atoms with Crippen LogP contribution in [0.4, 0.5) is 13.2 Å². The van der Waals surface area contributed by atoms with Crippen molar-refractivity contribution in [3.63, 3.8) is 0 Å². The van der Waals surface area contributed by atoms with Crippen molar-refractivity contribution in [3.8, 4) is 11.6 Å². The summed E-state index contributed by atoms with van der Waals surface area (Å²) in [6.45, 7) is 5.03. The quantitative estimate of drug-likeness (QED) is 0.609. The number of aromatic nitrogens is 2. The van der Waals surface area contributed by atoms with Crippen LogP contribution in [0.2, 0.25) is 0 Å². The number of halogens is 3. The van der Waals surface area contributed by atoms with Crippen LogP contribution in [0.5, 0.6) is 0 Å². The highest BCUT2D eigenvalue weighted by molar-refractivity contribution is 7.91. The predicted octanol–water partition coefficient (Wildman–Crippen LogP) is 3.95. The molecule has 0 N–H and O–H groups in total.